The zero-order chi connectivity index (χ0) is 15.0. The predicted octanol–water partition coefficient (Wildman–Crippen LogP) is 2.11. The van der Waals surface area contributed by atoms with E-state index in [4.69, 9.17) is 0 Å². The molecule has 2 fully saturated rings. The summed E-state index contributed by atoms with van der Waals surface area (Å²) in [7, 11) is 0. The van der Waals surface area contributed by atoms with Gasteiger partial charge in [0.2, 0.25) is 11.8 Å². The molecule has 2 unspecified atom stereocenters. The number of benzene rings is 1. The van der Waals surface area contributed by atoms with Crippen LogP contribution in [0.1, 0.15) is 37.3 Å². The number of aryl methyl sites for hydroxylation is 1. The number of nitrogens with zero attached hydrogens (tertiary/aromatic N) is 2. The second-order valence-corrected chi connectivity index (χ2v) is 6.17. The Balaban J connectivity index is 1.84. The summed E-state index contributed by atoms with van der Waals surface area (Å²) in [5.41, 5.74) is 2.27. The van der Waals surface area contributed by atoms with Gasteiger partial charge in [0, 0.05) is 13.1 Å². The van der Waals surface area contributed by atoms with Crippen LogP contribution in [-0.2, 0) is 16.1 Å². The van der Waals surface area contributed by atoms with Crippen molar-refractivity contribution in [2.75, 3.05) is 6.54 Å². The van der Waals surface area contributed by atoms with Crippen LogP contribution in [-0.4, -0.2) is 40.2 Å². The molecule has 4 heteroatoms. The summed E-state index contributed by atoms with van der Waals surface area (Å²) in [6, 6.07) is 7.56. The standard InChI is InChI=1S/C17H22N2O2/c1-12-6-5-7-14(10-12)11-19-13(2)16(20)18-9-4-3-8-15(18)17(19)21/h5-7,10,13,15H,3-4,8-9,11H2,1-2H3. The first-order chi connectivity index (χ1) is 10.1. The first kappa shape index (κ1) is 14.1. The highest BCUT2D eigenvalue weighted by atomic mass is 16.2. The van der Waals surface area contributed by atoms with Gasteiger partial charge < -0.3 is 9.80 Å². The van der Waals surface area contributed by atoms with Gasteiger partial charge in [-0.25, -0.2) is 0 Å². The van der Waals surface area contributed by atoms with E-state index in [0.29, 0.717) is 6.54 Å². The molecule has 21 heavy (non-hydrogen) atoms. The molecule has 2 amide bonds. The zero-order valence-electron chi connectivity index (χ0n) is 12.7. The van der Waals surface area contributed by atoms with Crippen molar-refractivity contribution < 1.29 is 9.59 Å². The van der Waals surface area contributed by atoms with Gasteiger partial charge in [0.1, 0.15) is 12.1 Å². The van der Waals surface area contributed by atoms with E-state index in [1.807, 2.05) is 32.0 Å². The van der Waals surface area contributed by atoms with Crippen molar-refractivity contribution >= 4 is 11.8 Å². The smallest absolute Gasteiger partial charge is 0.246 e. The number of fused-ring (bicyclic) bond motifs is 1. The largest absolute Gasteiger partial charge is 0.329 e. The summed E-state index contributed by atoms with van der Waals surface area (Å²) >= 11 is 0. The summed E-state index contributed by atoms with van der Waals surface area (Å²) in [4.78, 5) is 28.8. The molecule has 1 aromatic carbocycles. The highest BCUT2D eigenvalue weighted by molar-refractivity contribution is 5.96. The van der Waals surface area contributed by atoms with Crippen molar-refractivity contribution in [2.24, 2.45) is 0 Å². The minimum absolute atomic E-state index is 0.104. The van der Waals surface area contributed by atoms with E-state index in [1.165, 1.54) is 5.56 Å². The third kappa shape index (κ3) is 2.55. The van der Waals surface area contributed by atoms with Crippen molar-refractivity contribution in [3.8, 4) is 0 Å². The number of piperidine rings is 1. The van der Waals surface area contributed by atoms with E-state index in [0.717, 1.165) is 31.4 Å². The molecule has 3 rings (SSSR count). The fourth-order valence-corrected chi connectivity index (χ4v) is 3.43. The molecule has 0 aromatic heterocycles. The Labute approximate surface area is 125 Å². The van der Waals surface area contributed by atoms with Crippen LogP contribution in [0.25, 0.3) is 0 Å². The lowest BCUT2D eigenvalue weighted by molar-refractivity contribution is -0.163. The lowest BCUT2D eigenvalue weighted by Gasteiger charge is -2.46. The number of carbonyl (C=O) groups excluding carboxylic acids is 2. The van der Waals surface area contributed by atoms with Crippen LogP contribution in [0.5, 0.6) is 0 Å². The van der Waals surface area contributed by atoms with E-state index in [9.17, 15) is 9.59 Å². The molecule has 2 aliphatic heterocycles. The van der Waals surface area contributed by atoms with Gasteiger partial charge >= 0.3 is 0 Å². The summed E-state index contributed by atoms with van der Waals surface area (Å²) in [5.74, 6) is 0.218. The van der Waals surface area contributed by atoms with E-state index in [1.54, 1.807) is 9.80 Å². The van der Waals surface area contributed by atoms with Crippen LogP contribution in [0.2, 0.25) is 0 Å². The van der Waals surface area contributed by atoms with Crippen molar-refractivity contribution in [3.63, 3.8) is 0 Å². The second kappa shape index (κ2) is 5.51. The second-order valence-electron chi connectivity index (χ2n) is 6.17. The van der Waals surface area contributed by atoms with Crippen molar-refractivity contribution in [1.82, 2.24) is 9.80 Å². The molecule has 4 nitrogen and oxygen atoms in total. The van der Waals surface area contributed by atoms with Gasteiger partial charge in [-0.15, -0.1) is 0 Å². The van der Waals surface area contributed by atoms with E-state index < -0.39 is 0 Å². The van der Waals surface area contributed by atoms with Gasteiger partial charge in [-0.3, -0.25) is 9.59 Å². The fraction of sp³-hybridized carbons (Fsp3) is 0.529. The highest BCUT2D eigenvalue weighted by Crippen LogP contribution is 2.27. The molecular formula is C17H22N2O2. The number of piperazine rings is 1. The third-order valence-electron chi connectivity index (χ3n) is 4.61. The third-order valence-corrected chi connectivity index (χ3v) is 4.61. The van der Waals surface area contributed by atoms with Gasteiger partial charge in [-0.05, 0) is 38.7 Å². The van der Waals surface area contributed by atoms with Gasteiger partial charge in [0.05, 0.1) is 0 Å². The summed E-state index contributed by atoms with van der Waals surface area (Å²) in [6.45, 7) is 5.15. The Morgan fingerprint density at radius 1 is 1.19 bits per heavy atom. The minimum Gasteiger partial charge on any atom is -0.329 e. The molecule has 2 aliphatic rings. The van der Waals surface area contributed by atoms with Gasteiger partial charge in [-0.1, -0.05) is 29.8 Å². The average Bonchev–Trinajstić information content (AvgIpc) is 2.49. The highest BCUT2D eigenvalue weighted by Gasteiger charge is 2.44. The maximum atomic E-state index is 12.7. The molecular weight excluding hydrogens is 264 g/mol. The lowest BCUT2D eigenvalue weighted by Crippen LogP contribution is -2.64. The Bertz CT molecular complexity index is 570. The first-order valence-electron chi connectivity index (χ1n) is 7.74. The van der Waals surface area contributed by atoms with Crippen LogP contribution < -0.4 is 0 Å². The van der Waals surface area contributed by atoms with E-state index in [-0.39, 0.29) is 23.9 Å². The molecule has 0 N–H and O–H groups in total. The minimum atomic E-state index is -0.354. The molecule has 0 bridgehead atoms. The molecule has 0 aliphatic carbocycles. The molecule has 0 radical (unpaired) electrons. The number of amides is 2. The Morgan fingerprint density at radius 2 is 2.00 bits per heavy atom. The lowest BCUT2D eigenvalue weighted by atomic mass is 9.95. The van der Waals surface area contributed by atoms with Crippen molar-refractivity contribution in [2.45, 2.75) is 51.7 Å². The van der Waals surface area contributed by atoms with Crippen molar-refractivity contribution in [1.29, 1.82) is 0 Å². The molecule has 2 heterocycles. The summed E-state index contributed by atoms with van der Waals surface area (Å²) in [6.07, 6.45) is 2.86. The van der Waals surface area contributed by atoms with Gasteiger partial charge in [-0.2, -0.15) is 0 Å². The molecule has 112 valence electrons. The Hall–Kier alpha value is -1.84. The number of hydrogen-bond donors (Lipinski definition) is 0. The Kier molecular flexibility index (Phi) is 3.70. The van der Waals surface area contributed by atoms with Crippen molar-refractivity contribution in [3.05, 3.63) is 35.4 Å². The number of rotatable bonds is 2. The molecule has 2 saturated heterocycles. The quantitative estimate of drug-likeness (QED) is 0.835. The van der Waals surface area contributed by atoms with E-state index >= 15 is 0 Å². The number of hydrogen-bond acceptors (Lipinski definition) is 2. The fourth-order valence-electron chi connectivity index (χ4n) is 3.43. The molecule has 0 saturated carbocycles. The average molecular weight is 286 g/mol. The van der Waals surface area contributed by atoms with Gasteiger partial charge in [0.15, 0.2) is 0 Å². The monoisotopic (exact) mass is 286 g/mol. The first-order valence-corrected chi connectivity index (χ1v) is 7.74. The van der Waals surface area contributed by atoms with E-state index in [2.05, 4.69) is 6.07 Å². The molecule has 0 spiro atoms. The normalized spacial score (nSPS) is 26.0. The van der Waals surface area contributed by atoms with Crippen LogP contribution >= 0.6 is 0 Å². The van der Waals surface area contributed by atoms with Crippen LogP contribution in [0, 0.1) is 6.92 Å². The zero-order valence-corrected chi connectivity index (χ0v) is 12.7. The maximum Gasteiger partial charge on any atom is 0.246 e. The summed E-state index contributed by atoms with van der Waals surface area (Å²) in [5, 5.41) is 0. The van der Waals surface area contributed by atoms with Gasteiger partial charge in [0.25, 0.3) is 0 Å². The SMILES string of the molecule is Cc1cccc(CN2C(=O)C3CCCCN3C(=O)C2C)c1. The molecule has 2 atom stereocenters. The van der Waals surface area contributed by atoms with Crippen LogP contribution in [0.4, 0.5) is 0 Å². The van der Waals surface area contributed by atoms with Crippen LogP contribution in [0.3, 0.4) is 0 Å². The maximum absolute atomic E-state index is 12.7. The Morgan fingerprint density at radius 3 is 2.76 bits per heavy atom. The van der Waals surface area contributed by atoms with Crippen LogP contribution in [0.15, 0.2) is 24.3 Å². The topological polar surface area (TPSA) is 40.6 Å². The summed E-state index contributed by atoms with van der Waals surface area (Å²) < 4.78 is 0. The molecule has 1 aromatic rings. The predicted molar refractivity (Wildman–Crippen MR) is 80.5 cm³/mol. The number of carbonyl (C=O) groups is 2.